The molecule has 1 saturated heterocycles. The molecule has 0 aromatic heterocycles. The number of carbonyl (C=O) groups is 2. The van der Waals surface area contributed by atoms with Crippen molar-refractivity contribution in [2.45, 2.75) is 33.2 Å². The molecule has 0 bridgehead atoms. The van der Waals surface area contributed by atoms with Crippen LogP contribution in [0.1, 0.15) is 29.5 Å². The highest BCUT2D eigenvalue weighted by molar-refractivity contribution is 6.30. The highest BCUT2D eigenvalue weighted by Gasteiger charge is 2.25. The van der Waals surface area contributed by atoms with Crippen molar-refractivity contribution in [1.29, 1.82) is 0 Å². The zero-order valence-corrected chi connectivity index (χ0v) is 17.8. The number of carbonyl (C=O) groups excluding carboxylic acids is 2. The van der Waals surface area contributed by atoms with Crippen molar-refractivity contribution < 1.29 is 9.59 Å². The fourth-order valence-electron chi connectivity index (χ4n) is 3.74. The topological polar surface area (TPSA) is 61.4 Å². The number of nitrogens with zero attached hydrogens (tertiary/aromatic N) is 1. The molecule has 29 heavy (non-hydrogen) atoms. The van der Waals surface area contributed by atoms with Crippen LogP contribution >= 0.6 is 11.6 Å². The maximum absolute atomic E-state index is 12.4. The number of likely N-dealkylation sites (tertiary alicyclic amines) is 1. The van der Waals surface area contributed by atoms with Gasteiger partial charge in [-0.25, -0.2) is 0 Å². The smallest absolute Gasteiger partial charge is 0.238 e. The Morgan fingerprint density at radius 2 is 1.66 bits per heavy atom. The molecule has 2 aromatic rings. The molecule has 154 valence electrons. The minimum absolute atomic E-state index is 0.000957. The van der Waals surface area contributed by atoms with E-state index in [0.29, 0.717) is 18.1 Å². The first-order valence-electron chi connectivity index (χ1n) is 10.0. The Hall–Kier alpha value is -2.37. The second kappa shape index (κ2) is 9.90. The molecule has 1 aliphatic rings. The van der Waals surface area contributed by atoms with E-state index in [2.05, 4.69) is 21.6 Å². The molecule has 0 saturated carbocycles. The van der Waals surface area contributed by atoms with Crippen LogP contribution in [0.25, 0.3) is 0 Å². The molecule has 6 heteroatoms. The molecule has 2 N–H and O–H groups in total. The number of aryl methyl sites for hydroxylation is 2. The van der Waals surface area contributed by atoms with Crippen LogP contribution in [-0.4, -0.2) is 36.3 Å². The fourth-order valence-corrected chi connectivity index (χ4v) is 3.87. The third-order valence-electron chi connectivity index (χ3n) is 5.21. The van der Waals surface area contributed by atoms with Crippen molar-refractivity contribution in [3.8, 4) is 0 Å². The normalized spacial score (nSPS) is 15.1. The van der Waals surface area contributed by atoms with Gasteiger partial charge in [0.05, 0.1) is 6.54 Å². The summed E-state index contributed by atoms with van der Waals surface area (Å²) in [7, 11) is 0. The van der Waals surface area contributed by atoms with Gasteiger partial charge in [0.25, 0.3) is 0 Å². The van der Waals surface area contributed by atoms with Crippen molar-refractivity contribution in [3.05, 3.63) is 64.2 Å². The molecule has 0 aliphatic carbocycles. The third kappa shape index (κ3) is 6.58. The van der Waals surface area contributed by atoms with E-state index in [1.54, 1.807) is 0 Å². The fraction of sp³-hybridized carbons (Fsp3) is 0.391. The lowest BCUT2D eigenvalue weighted by molar-refractivity contribution is -0.126. The highest BCUT2D eigenvalue weighted by atomic mass is 35.5. The average molecular weight is 414 g/mol. The quantitative estimate of drug-likeness (QED) is 0.754. The molecule has 1 heterocycles. The summed E-state index contributed by atoms with van der Waals surface area (Å²) in [6.45, 7) is 6.40. The van der Waals surface area contributed by atoms with E-state index in [0.717, 1.165) is 48.3 Å². The van der Waals surface area contributed by atoms with Crippen LogP contribution in [0.3, 0.4) is 0 Å². The van der Waals surface area contributed by atoms with Gasteiger partial charge in [-0.05, 0) is 80.7 Å². The predicted octanol–water partition coefficient (Wildman–Crippen LogP) is 3.92. The van der Waals surface area contributed by atoms with Gasteiger partial charge in [-0.2, -0.15) is 0 Å². The van der Waals surface area contributed by atoms with E-state index in [-0.39, 0.29) is 17.7 Å². The second-order valence-corrected chi connectivity index (χ2v) is 8.26. The second-order valence-electron chi connectivity index (χ2n) is 7.82. The summed E-state index contributed by atoms with van der Waals surface area (Å²) < 4.78 is 0. The lowest BCUT2D eigenvalue weighted by Crippen LogP contribution is -2.43. The summed E-state index contributed by atoms with van der Waals surface area (Å²) in [4.78, 5) is 26.9. The van der Waals surface area contributed by atoms with Crippen LogP contribution in [0.4, 0.5) is 5.69 Å². The summed E-state index contributed by atoms with van der Waals surface area (Å²) in [5.41, 5.74) is 4.13. The number of benzene rings is 2. The van der Waals surface area contributed by atoms with Gasteiger partial charge >= 0.3 is 0 Å². The highest BCUT2D eigenvalue weighted by Crippen LogP contribution is 2.18. The Morgan fingerprint density at radius 1 is 1.03 bits per heavy atom. The van der Waals surface area contributed by atoms with Gasteiger partial charge < -0.3 is 10.6 Å². The van der Waals surface area contributed by atoms with E-state index in [1.165, 1.54) is 0 Å². The summed E-state index contributed by atoms with van der Waals surface area (Å²) in [6.07, 6.45) is 1.53. The maximum atomic E-state index is 12.4. The number of halogens is 1. The van der Waals surface area contributed by atoms with E-state index < -0.39 is 0 Å². The summed E-state index contributed by atoms with van der Waals surface area (Å²) in [5.74, 6) is 0.0703. The number of amides is 2. The number of hydrogen-bond donors (Lipinski definition) is 2. The van der Waals surface area contributed by atoms with Crippen molar-refractivity contribution in [2.24, 2.45) is 5.92 Å². The SMILES string of the molecule is Cc1cc(C)cc(NC(=O)CN2CCC(C(=O)NCc3ccc(Cl)cc3)CC2)c1. The van der Waals surface area contributed by atoms with Crippen LogP contribution in [0.15, 0.2) is 42.5 Å². The predicted molar refractivity (Wildman–Crippen MR) is 117 cm³/mol. The van der Waals surface area contributed by atoms with E-state index in [1.807, 2.05) is 50.2 Å². The molecule has 1 fully saturated rings. The molecule has 3 rings (SSSR count). The zero-order chi connectivity index (χ0) is 20.8. The largest absolute Gasteiger partial charge is 0.352 e. The molecule has 5 nitrogen and oxygen atoms in total. The maximum Gasteiger partial charge on any atom is 0.238 e. The summed E-state index contributed by atoms with van der Waals surface area (Å²) in [5, 5.41) is 6.67. The minimum Gasteiger partial charge on any atom is -0.352 e. The first kappa shape index (κ1) is 21.3. The molecule has 0 radical (unpaired) electrons. The molecule has 1 aliphatic heterocycles. The van der Waals surface area contributed by atoms with Gasteiger partial charge in [0, 0.05) is 23.2 Å². The Kier molecular flexibility index (Phi) is 7.29. The molecule has 0 spiro atoms. The van der Waals surface area contributed by atoms with Crippen molar-refractivity contribution in [2.75, 3.05) is 25.0 Å². The van der Waals surface area contributed by atoms with E-state index in [9.17, 15) is 9.59 Å². The molecular weight excluding hydrogens is 386 g/mol. The first-order chi connectivity index (χ1) is 13.9. The van der Waals surface area contributed by atoms with Crippen molar-refractivity contribution in [3.63, 3.8) is 0 Å². The van der Waals surface area contributed by atoms with Crippen molar-refractivity contribution >= 4 is 29.1 Å². The van der Waals surface area contributed by atoms with Gasteiger partial charge in [0.2, 0.25) is 11.8 Å². The Bertz CT molecular complexity index is 839. The standard InChI is InChI=1S/C23H28ClN3O2/c1-16-11-17(2)13-21(12-16)26-22(28)15-27-9-7-19(8-10-27)23(29)25-14-18-3-5-20(24)6-4-18/h3-6,11-13,19H,7-10,14-15H2,1-2H3,(H,25,29)(H,26,28). The summed E-state index contributed by atoms with van der Waals surface area (Å²) in [6, 6.07) is 13.5. The zero-order valence-electron chi connectivity index (χ0n) is 17.0. The Balaban J connectivity index is 1.40. The number of rotatable bonds is 6. The Labute approximate surface area is 177 Å². The lowest BCUT2D eigenvalue weighted by Gasteiger charge is -2.30. The number of piperidine rings is 1. The number of nitrogens with one attached hydrogen (secondary N) is 2. The number of anilines is 1. The van der Waals surface area contributed by atoms with Crippen LogP contribution in [0.2, 0.25) is 5.02 Å². The van der Waals surface area contributed by atoms with Gasteiger partial charge in [-0.1, -0.05) is 29.8 Å². The van der Waals surface area contributed by atoms with Crippen molar-refractivity contribution in [1.82, 2.24) is 10.2 Å². The molecule has 2 amide bonds. The van der Waals surface area contributed by atoms with Crippen LogP contribution in [0.5, 0.6) is 0 Å². The Morgan fingerprint density at radius 3 is 2.28 bits per heavy atom. The third-order valence-corrected chi connectivity index (χ3v) is 5.46. The molecule has 2 aromatic carbocycles. The average Bonchev–Trinajstić information content (AvgIpc) is 2.67. The number of hydrogen-bond acceptors (Lipinski definition) is 3. The summed E-state index contributed by atoms with van der Waals surface area (Å²) >= 11 is 5.88. The van der Waals surface area contributed by atoms with Gasteiger partial charge in [-0.15, -0.1) is 0 Å². The monoisotopic (exact) mass is 413 g/mol. The lowest BCUT2D eigenvalue weighted by atomic mass is 9.96. The van der Waals surface area contributed by atoms with Gasteiger partial charge in [-0.3, -0.25) is 14.5 Å². The van der Waals surface area contributed by atoms with Crippen LogP contribution in [-0.2, 0) is 16.1 Å². The first-order valence-corrected chi connectivity index (χ1v) is 10.4. The van der Waals surface area contributed by atoms with E-state index >= 15 is 0 Å². The molecular formula is C23H28ClN3O2. The van der Waals surface area contributed by atoms with E-state index in [4.69, 9.17) is 11.6 Å². The van der Waals surface area contributed by atoms with Crippen LogP contribution in [0, 0.1) is 19.8 Å². The van der Waals surface area contributed by atoms with Gasteiger partial charge in [0.15, 0.2) is 0 Å². The minimum atomic E-state index is -0.0133. The molecule has 0 unspecified atom stereocenters. The van der Waals surface area contributed by atoms with Gasteiger partial charge in [0.1, 0.15) is 0 Å². The molecule has 0 atom stereocenters. The van der Waals surface area contributed by atoms with Crippen LogP contribution < -0.4 is 10.6 Å².